The zero-order chi connectivity index (χ0) is 20.9. The van der Waals surface area contributed by atoms with E-state index in [0.717, 1.165) is 28.9 Å². The van der Waals surface area contributed by atoms with E-state index < -0.39 is 0 Å². The third-order valence-electron chi connectivity index (χ3n) is 6.01. The van der Waals surface area contributed by atoms with Gasteiger partial charge in [0, 0.05) is 47.9 Å². The molecule has 0 atom stereocenters. The van der Waals surface area contributed by atoms with Gasteiger partial charge in [-0.1, -0.05) is 26.8 Å². The third-order valence-corrected chi connectivity index (χ3v) is 6.01. The summed E-state index contributed by atoms with van der Waals surface area (Å²) in [6.07, 6.45) is 1.24. The molecule has 158 valence electrons. The number of hydrogen-bond acceptors (Lipinski definition) is 4. The van der Waals surface area contributed by atoms with Gasteiger partial charge in [-0.3, -0.25) is 15.0 Å². The van der Waals surface area contributed by atoms with E-state index in [-0.39, 0.29) is 40.6 Å². The Kier molecular flexibility index (Phi) is 5.87. The topological polar surface area (TPSA) is 77.4 Å². The summed E-state index contributed by atoms with van der Waals surface area (Å²) in [6, 6.07) is 9.56. The van der Waals surface area contributed by atoms with Crippen LogP contribution in [0.2, 0.25) is 0 Å². The van der Waals surface area contributed by atoms with Crippen molar-refractivity contribution in [2.24, 2.45) is 0 Å². The van der Waals surface area contributed by atoms with Gasteiger partial charge < -0.3 is 9.80 Å². The van der Waals surface area contributed by atoms with Crippen LogP contribution < -0.4 is 4.90 Å². The maximum atomic E-state index is 13.0. The molecule has 0 aliphatic carbocycles. The maximum Gasteiger partial charge on any atom is 0.227 e. The van der Waals surface area contributed by atoms with E-state index in [1.54, 1.807) is 22.9 Å². The molecule has 3 heterocycles. The lowest BCUT2D eigenvalue weighted by Crippen LogP contribution is -2.39. The Balaban J connectivity index is 0.00000256. The van der Waals surface area contributed by atoms with Gasteiger partial charge in [-0.05, 0) is 36.2 Å². The Morgan fingerprint density at radius 3 is 2.67 bits per heavy atom. The summed E-state index contributed by atoms with van der Waals surface area (Å²) in [4.78, 5) is 33.3. The molecule has 1 aromatic heterocycles. The van der Waals surface area contributed by atoms with E-state index in [1.165, 1.54) is 0 Å². The molecule has 2 aliphatic rings. The first-order valence-electron chi connectivity index (χ1n) is 9.98. The Labute approximate surface area is 187 Å². The summed E-state index contributed by atoms with van der Waals surface area (Å²) >= 11 is 0. The van der Waals surface area contributed by atoms with Crippen molar-refractivity contribution in [3.63, 3.8) is 0 Å². The molecule has 6 nitrogen and oxygen atoms in total. The highest BCUT2D eigenvalue weighted by atomic mass is 79.9. The second kappa shape index (κ2) is 7.95. The van der Waals surface area contributed by atoms with Gasteiger partial charge in [0.1, 0.15) is 11.5 Å². The quantitative estimate of drug-likeness (QED) is 0.687. The van der Waals surface area contributed by atoms with Crippen molar-refractivity contribution >= 4 is 40.2 Å². The van der Waals surface area contributed by atoms with Gasteiger partial charge in [0.05, 0.1) is 6.54 Å². The van der Waals surface area contributed by atoms with Crippen molar-refractivity contribution in [3.8, 4) is 0 Å². The van der Waals surface area contributed by atoms with Crippen molar-refractivity contribution in [3.05, 3.63) is 58.4 Å². The number of amidine groups is 1. The number of amides is 1. The Morgan fingerprint density at radius 1 is 1.23 bits per heavy atom. The molecule has 0 radical (unpaired) electrons. The number of hydrogen-bond donors (Lipinski definition) is 1. The number of ketones is 1. The average Bonchev–Trinajstić information content (AvgIpc) is 3.00. The van der Waals surface area contributed by atoms with Gasteiger partial charge in [-0.2, -0.15) is 0 Å². The number of nitrogens with one attached hydrogen (secondary N) is 1. The molecule has 4 rings (SSSR count). The van der Waals surface area contributed by atoms with E-state index in [1.807, 2.05) is 45.0 Å². The van der Waals surface area contributed by atoms with Crippen LogP contribution >= 0.6 is 17.0 Å². The van der Waals surface area contributed by atoms with Gasteiger partial charge in [0.25, 0.3) is 0 Å². The number of carbonyl (C=O) groups excluding carboxylic acids is 2. The van der Waals surface area contributed by atoms with Crippen molar-refractivity contribution in [1.82, 2.24) is 9.88 Å². The monoisotopic (exact) mass is 470 g/mol. The molecule has 1 aromatic carbocycles. The molecular weight excluding hydrogens is 444 g/mol. The maximum absolute atomic E-state index is 13.0. The highest BCUT2D eigenvalue weighted by molar-refractivity contribution is 8.93. The average molecular weight is 471 g/mol. The number of fused-ring (bicyclic) bond motifs is 2. The van der Waals surface area contributed by atoms with Crippen LogP contribution in [0.3, 0.4) is 0 Å². The van der Waals surface area contributed by atoms with Crippen molar-refractivity contribution in [1.29, 1.82) is 5.41 Å². The summed E-state index contributed by atoms with van der Waals surface area (Å²) in [5, 5.41) is 8.45. The molecule has 0 unspecified atom stereocenters. The number of aromatic nitrogens is 1. The van der Waals surface area contributed by atoms with Gasteiger partial charge in [0.15, 0.2) is 5.78 Å². The molecule has 0 bridgehead atoms. The predicted octanol–water partition coefficient (Wildman–Crippen LogP) is 3.89. The number of halogens is 1. The van der Waals surface area contributed by atoms with E-state index in [0.29, 0.717) is 30.1 Å². The van der Waals surface area contributed by atoms with Crippen LogP contribution in [0.15, 0.2) is 30.3 Å². The molecule has 0 saturated heterocycles. The highest BCUT2D eigenvalue weighted by Gasteiger charge is 2.36. The molecule has 2 aromatic rings. The minimum absolute atomic E-state index is 0. The van der Waals surface area contributed by atoms with Gasteiger partial charge in [-0.15, -0.1) is 17.0 Å². The number of nitrogens with zero attached hydrogens (tertiary/aromatic N) is 3. The van der Waals surface area contributed by atoms with Crippen LogP contribution in [0, 0.1) is 5.41 Å². The number of Topliss-reactive ketones (excluding diaryl/α,β-unsaturated/α-hetero) is 1. The zero-order valence-electron chi connectivity index (χ0n) is 17.8. The summed E-state index contributed by atoms with van der Waals surface area (Å²) in [7, 11) is 1.78. The van der Waals surface area contributed by atoms with E-state index in [2.05, 4.69) is 4.98 Å². The molecule has 0 saturated carbocycles. The first-order chi connectivity index (χ1) is 13.7. The minimum atomic E-state index is -0.313. The first kappa shape index (κ1) is 22.2. The summed E-state index contributed by atoms with van der Waals surface area (Å²) < 4.78 is 0. The Bertz CT molecular complexity index is 1050. The number of aryl methyl sites for hydroxylation is 1. The molecule has 0 fully saturated rings. The van der Waals surface area contributed by atoms with Crippen LogP contribution in [0.25, 0.3) is 0 Å². The van der Waals surface area contributed by atoms with Crippen LogP contribution in [0.4, 0.5) is 5.69 Å². The van der Waals surface area contributed by atoms with Crippen molar-refractivity contribution in [2.75, 3.05) is 18.5 Å². The lowest BCUT2D eigenvalue weighted by molar-refractivity contribution is -0.119. The van der Waals surface area contributed by atoms with E-state index in [9.17, 15) is 9.59 Å². The van der Waals surface area contributed by atoms with E-state index in [4.69, 9.17) is 5.41 Å². The van der Waals surface area contributed by atoms with Crippen molar-refractivity contribution in [2.45, 2.75) is 45.6 Å². The summed E-state index contributed by atoms with van der Waals surface area (Å²) in [5.41, 5.74) is 4.81. The molecule has 1 N–H and O–H groups in total. The lowest BCUT2D eigenvalue weighted by atomic mass is 9.76. The fourth-order valence-corrected chi connectivity index (χ4v) is 4.16. The number of carbonyl (C=O) groups is 2. The first-order valence-corrected chi connectivity index (χ1v) is 9.98. The normalized spacial score (nSPS) is 16.8. The number of benzene rings is 1. The molecule has 7 heteroatoms. The molecule has 0 spiro atoms. The van der Waals surface area contributed by atoms with Gasteiger partial charge in [0.2, 0.25) is 5.91 Å². The van der Waals surface area contributed by atoms with Crippen LogP contribution in [0.1, 0.15) is 60.1 Å². The van der Waals surface area contributed by atoms with Gasteiger partial charge in [-0.25, -0.2) is 4.98 Å². The van der Waals surface area contributed by atoms with Gasteiger partial charge >= 0.3 is 0 Å². The summed E-state index contributed by atoms with van der Waals surface area (Å²) in [5.74, 6) is 0.368. The minimum Gasteiger partial charge on any atom is -0.343 e. The fourth-order valence-electron chi connectivity index (χ4n) is 4.16. The lowest BCUT2D eigenvalue weighted by Gasteiger charge is -2.37. The van der Waals surface area contributed by atoms with E-state index >= 15 is 0 Å². The molecule has 2 aliphatic heterocycles. The highest BCUT2D eigenvalue weighted by Crippen LogP contribution is 2.40. The standard InChI is InChI=1S/C23H26N4O2.BrH/c1-5-16-8-6-15-12-27(22(24)21(15)25-16)13-19(28)14-7-9-18-17(10-14)23(2,3)11-20(29)26(18)4;/h6-10,24H,5,11-13H2,1-4H3;1H. The fraction of sp³-hybridized carbons (Fsp3) is 0.391. The predicted molar refractivity (Wildman–Crippen MR) is 123 cm³/mol. The molecule has 1 amide bonds. The number of pyridine rings is 1. The van der Waals surface area contributed by atoms with Crippen LogP contribution in [-0.4, -0.2) is 41.0 Å². The summed E-state index contributed by atoms with van der Waals surface area (Å²) in [6.45, 7) is 6.79. The van der Waals surface area contributed by atoms with Crippen LogP contribution in [0.5, 0.6) is 0 Å². The van der Waals surface area contributed by atoms with Crippen LogP contribution in [-0.2, 0) is 23.2 Å². The third kappa shape index (κ3) is 3.67. The Hall–Kier alpha value is -2.54. The Morgan fingerprint density at radius 2 is 1.97 bits per heavy atom. The number of anilines is 1. The second-order valence-corrected chi connectivity index (χ2v) is 8.54. The largest absolute Gasteiger partial charge is 0.343 e. The molecular formula is C23H27BrN4O2. The molecule has 30 heavy (non-hydrogen) atoms. The SMILES string of the molecule is Br.CCc1ccc2c(n1)C(=N)N(CC(=O)c1ccc3c(c1)C(C)(C)CC(=O)N3C)C2. The smallest absolute Gasteiger partial charge is 0.227 e. The van der Waals surface area contributed by atoms with Crippen molar-refractivity contribution < 1.29 is 9.59 Å². The second-order valence-electron chi connectivity index (χ2n) is 8.54. The number of rotatable bonds is 4. The zero-order valence-corrected chi connectivity index (χ0v) is 19.5.